The van der Waals surface area contributed by atoms with Crippen molar-refractivity contribution in [2.75, 3.05) is 13.2 Å². The smallest absolute Gasteiger partial charge is 0.417 e. The predicted octanol–water partition coefficient (Wildman–Crippen LogP) is 8.53. The Balaban J connectivity index is 1.82. The number of hydrogen-bond donors (Lipinski definition) is 0. The Morgan fingerprint density at radius 2 is 1.74 bits per heavy atom. The lowest BCUT2D eigenvalue weighted by molar-refractivity contribution is -0.196. The highest BCUT2D eigenvalue weighted by molar-refractivity contribution is 5.87. The van der Waals surface area contributed by atoms with Gasteiger partial charge in [0, 0.05) is 22.6 Å². The van der Waals surface area contributed by atoms with E-state index in [0.717, 1.165) is 25.3 Å². The van der Waals surface area contributed by atoms with Gasteiger partial charge in [0.05, 0.1) is 5.56 Å². The van der Waals surface area contributed by atoms with Crippen LogP contribution in [-0.4, -0.2) is 25.4 Å². The van der Waals surface area contributed by atoms with Crippen LogP contribution in [0.4, 0.5) is 26.3 Å². The lowest BCUT2D eigenvalue weighted by atomic mass is 9.98. The minimum atomic E-state index is -4.70. The molecule has 1 aromatic heterocycles. The minimum absolute atomic E-state index is 0.0150. The van der Waals surface area contributed by atoms with Gasteiger partial charge in [-0.2, -0.15) is 26.3 Å². The molecule has 1 atom stereocenters. The number of carbonyl (C=O) groups is 1. The Morgan fingerprint density at radius 1 is 1.00 bits per heavy atom. The molecule has 0 spiro atoms. The molecule has 3 rings (SSSR count). The molecule has 4 nitrogen and oxygen atoms in total. The Labute approximate surface area is 216 Å². The fourth-order valence-corrected chi connectivity index (χ4v) is 3.74. The summed E-state index contributed by atoms with van der Waals surface area (Å²) >= 11 is 0. The number of hydrogen-bond acceptors (Lipinski definition) is 4. The summed E-state index contributed by atoms with van der Waals surface area (Å²) in [6, 6.07) is 9.75. The summed E-state index contributed by atoms with van der Waals surface area (Å²) in [6.45, 7) is 4.85. The molecule has 0 saturated carbocycles. The average Bonchev–Trinajstić information content (AvgIpc) is 3.25. The molecule has 0 bridgehead atoms. The number of furan rings is 1. The monoisotopic (exact) mass is 542 g/mol. The summed E-state index contributed by atoms with van der Waals surface area (Å²) in [5, 5.41) is 0.454. The van der Waals surface area contributed by atoms with E-state index in [-0.39, 0.29) is 28.2 Å². The Bertz CT molecular complexity index is 1270. The molecule has 0 amide bonds. The van der Waals surface area contributed by atoms with E-state index in [0.29, 0.717) is 17.4 Å². The first-order chi connectivity index (χ1) is 17.8. The number of carbonyl (C=O) groups excluding carboxylic acids is 1. The lowest BCUT2D eigenvalue weighted by Crippen LogP contribution is -2.33. The number of halogens is 6. The zero-order chi connectivity index (χ0) is 28.1. The van der Waals surface area contributed by atoms with Crippen molar-refractivity contribution in [1.82, 2.24) is 0 Å². The zero-order valence-corrected chi connectivity index (χ0v) is 21.0. The van der Waals surface area contributed by atoms with Crippen molar-refractivity contribution in [3.8, 4) is 17.1 Å². The molecule has 0 saturated heterocycles. The molecule has 38 heavy (non-hydrogen) atoms. The van der Waals surface area contributed by atoms with E-state index in [1.165, 1.54) is 37.3 Å². The quantitative estimate of drug-likeness (QED) is 0.105. The SMILES string of the molecule is C=C(C)C(=O)OCC(COc1ccc2cc(-c3ccc(CCCCC)cc3C(F)(F)F)oc2c1)C(F)(F)F. The maximum absolute atomic E-state index is 13.9. The molecule has 3 aromatic rings. The number of alkyl halides is 6. The van der Waals surface area contributed by atoms with Crippen LogP contribution in [0.5, 0.6) is 5.75 Å². The first kappa shape index (κ1) is 29.1. The number of unbranched alkanes of at least 4 members (excludes halogenated alkanes) is 2. The number of esters is 1. The van der Waals surface area contributed by atoms with Crippen molar-refractivity contribution >= 4 is 16.9 Å². The molecule has 0 fully saturated rings. The highest BCUT2D eigenvalue weighted by Gasteiger charge is 2.41. The van der Waals surface area contributed by atoms with E-state index in [1.807, 2.05) is 6.92 Å². The standard InChI is InChI=1S/C28H28F6O4/c1-4-5-6-7-18-8-11-22(23(12-18)28(32,33)34)25-13-19-9-10-21(14-24(19)38-25)36-15-20(27(29,30)31)16-37-26(35)17(2)3/h8-14,20H,2,4-7,15-16H2,1,3H3. The molecule has 0 N–H and O–H groups in total. The Hall–Kier alpha value is -3.43. The van der Waals surface area contributed by atoms with Crippen molar-refractivity contribution in [3.05, 3.63) is 65.7 Å². The van der Waals surface area contributed by atoms with Gasteiger partial charge in [-0.25, -0.2) is 4.79 Å². The van der Waals surface area contributed by atoms with Gasteiger partial charge in [0.15, 0.2) is 0 Å². The van der Waals surface area contributed by atoms with Gasteiger partial charge in [-0.15, -0.1) is 0 Å². The van der Waals surface area contributed by atoms with Gasteiger partial charge in [0.25, 0.3) is 0 Å². The molecule has 206 valence electrons. The highest BCUT2D eigenvalue weighted by Crippen LogP contribution is 2.40. The van der Waals surface area contributed by atoms with E-state index in [1.54, 1.807) is 6.07 Å². The normalized spacial score (nSPS) is 12.9. The van der Waals surface area contributed by atoms with Crippen LogP contribution in [0.2, 0.25) is 0 Å². The molecule has 1 heterocycles. The summed E-state index contributed by atoms with van der Waals surface area (Å²) < 4.78 is 97.2. The van der Waals surface area contributed by atoms with Crippen molar-refractivity contribution in [1.29, 1.82) is 0 Å². The van der Waals surface area contributed by atoms with Crippen LogP contribution in [0.15, 0.2) is 59.0 Å². The maximum Gasteiger partial charge on any atom is 0.417 e. The predicted molar refractivity (Wildman–Crippen MR) is 131 cm³/mol. The fourth-order valence-electron chi connectivity index (χ4n) is 3.74. The number of benzene rings is 2. The van der Waals surface area contributed by atoms with E-state index in [4.69, 9.17) is 9.15 Å². The average molecular weight is 543 g/mol. The topological polar surface area (TPSA) is 48.7 Å². The second-order valence-corrected chi connectivity index (χ2v) is 9.07. The third-order valence-electron chi connectivity index (χ3n) is 5.89. The van der Waals surface area contributed by atoms with Gasteiger partial charge >= 0.3 is 18.3 Å². The van der Waals surface area contributed by atoms with Crippen LogP contribution < -0.4 is 4.74 Å². The molecule has 0 aliphatic heterocycles. The van der Waals surface area contributed by atoms with Crippen LogP contribution in [-0.2, 0) is 22.1 Å². The molecule has 0 aliphatic carbocycles. The van der Waals surface area contributed by atoms with Gasteiger partial charge in [-0.1, -0.05) is 38.5 Å². The Morgan fingerprint density at radius 3 is 2.37 bits per heavy atom. The van der Waals surface area contributed by atoms with Gasteiger partial charge in [0.2, 0.25) is 0 Å². The molecule has 2 aromatic carbocycles. The Kier molecular flexibility index (Phi) is 9.17. The minimum Gasteiger partial charge on any atom is -0.493 e. The highest BCUT2D eigenvalue weighted by atomic mass is 19.4. The third kappa shape index (κ3) is 7.55. The third-order valence-corrected chi connectivity index (χ3v) is 5.89. The molecule has 10 heteroatoms. The summed E-state index contributed by atoms with van der Waals surface area (Å²) in [4.78, 5) is 11.5. The second kappa shape index (κ2) is 12.0. The van der Waals surface area contributed by atoms with Crippen LogP contribution >= 0.6 is 0 Å². The molecule has 1 unspecified atom stereocenters. The first-order valence-corrected chi connectivity index (χ1v) is 12.1. The summed E-state index contributed by atoms with van der Waals surface area (Å²) in [5.41, 5.74) is -0.263. The van der Waals surface area contributed by atoms with Crippen LogP contribution in [0.1, 0.15) is 44.2 Å². The van der Waals surface area contributed by atoms with Crippen LogP contribution in [0.25, 0.3) is 22.3 Å². The first-order valence-electron chi connectivity index (χ1n) is 12.1. The van der Waals surface area contributed by atoms with E-state index in [2.05, 4.69) is 11.3 Å². The lowest BCUT2D eigenvalue weighted by Gasteiger charge is -2.20. The van der Waals surface area contributed by atoms with E-state index < -0.39 is 43.0 Å². The van der Waals surface area contributed by atoms with Crippen molar-refractivity contribution in [2.45, 2.75) is 51.9 Å². The number of fused-ring (bicyclic) bond motifs is 1. The largest absolute Gasteiger partial charge is 0.493 e. The van der Waals surface area contributed by atoms with E-state index >= 15 is 0 Å². The van der Waals surface area contributed by atoms with Gasteiger partial charge in [-0.3, -0.25) is 0 Å². The van der Waals surface area contributed by atoms with Crippen molar-refractivity contribution < 1.29 is 45.0 Å². The maximum atomic E-state index is 13.9. The van der Waals surface area contributed by atoms with Gasteiger partial charge in [-0.05, 0) is 49.6 Å². The summed E-state index contributed by atoms with van der Waals surface area (Å²) in [5.74, 6) is -3.06. The van der Waals surface area contributed by atoms with Gasteiger partial charge < -0.3 is 13.9 Å². The second-order valence-electron chi connectivity index (χ2n) is 9.07. The van der Waals surface area contributed by atoms with Crippen LogP contribution in [0.3, 0.4) is 0 Å². The molecular formula is C28H28F6O4. The summed E-state index contributed by atoms with van der Waals surface area (Å²) in [7, 11) is 0. The van der Waals surface area contributed by atoms with Crippen LogP contribution in [0, 0.1) is 5.92 Å². The number of aryl methyl sites for hydroxylation is 1. The van der Waals surface area contributed by atoms with Crippen molar-refractivity contribution in [3.63, 3.8) is 0 Å². The number of rotatable bonds is 11. The molecular weight excluding hydrogens is 514 g/mol. The van der Waals surface area contributed by atoms with Gasteiger partial charge in [0.1, 0.15) is 36.2 Å². The fraction of sp³-hybridized carbons (Fsp3) is 0.393. The number of ether oxygens (including phenoxy) is 2. The summed E-state index contributed by atoms with van der Waals surface area (Å²) in [6.07, 6.45) is -6.12. The zero-order valence-electron chi connectivity index (χ0n) is 21.0. The van der Waals surface area contributed by atoms with E-state index in [9.17, 15) is 31.1 Å². The van der Waals surface area contributed by atoms with Crippen molar-refractivity contribution in [2.24, 2.45) is 5.92 Å². The molecule has 0 radical (unpaired) electrons. The molecule has 0 aliphatic rings.